The van der Waals surface area contributed by atoms with Crippen molar-refractivity contribution < 1.29 is 19.5 Å². The van der Waals surface area contributed by atoms with E-state index in [0.717, 1.165) is 5.57 Å². The number of amides is 3. The van der Waals surface area contributed by atoms with Crippen molar-refractivity contribution in [2.75, 3.05) is 6.54 Å². The van der Waals surface area contributed by atoms with Gasteiger partial charge >= 0.3 is 12.0 Å². The Balaban J connectivity index is 3.71. The molecular weight excluding hydrogens is 200 g/mol. The molecule has 3 N–H and O–H groups in total. The van der Waals surface area contributed by atoms with Crippen molar-refractivity contribution in [3.05, 3.63) is 12.2 Å². The standard InChI is InChI=1S/C9H14N2O4/c1-6(2)5-10-9(15)11-7(12)3-4-8(13)14/h1,3-5H2,2H3,(H,13,14)(H2,10,11,12,15). The summed E-state index contributed by atoms with van der Waals surface area (Å²) in [4.78, 5) is 32.0. The van der Waals surface area contributed by atoms with Crippen LogP contribution < -0.4 is 10.6 Å². The van der Waals surface area contributed by atoms with Crippen LogP contribution in [0.4, 0.5) is 4.79 Å². The van der Waals surface area contributed by atoms with Gasteiger partial charge < -0.3 is 10.4 Å². The van der Waals surface area contributed by atoms with Gasteiger partial charge in [-0.3, -0.25) is 14.9 Å². The minimum atomic E-state index is -1.08. The monoisotopic (exact) mass is 214 g/mol. The summed E-state index contributed by atoms with van der Waals surface area (Å²) >= 11 is 0. The molecule has 0 aliphatic heterocycles. The van der Waals surface area contributed by atoms with Crippen molar-refractivity contribution in [3.63, 3.8) is 0 Å². The van der Waals surface area contributed by atoms with E-state index >= 15 is 0 Å². The number of rotatable bonds is 5. The molecule has 84 valence electrons. The number of carbonyl (C=O) groups is 3. The van der Waals surface area contributed by atoms with E-state index in [1.54, 1.807) is 6.92 Å². The number of hydrogen-bond acceptors (Lipinski definition) is 3. The van der Waals surface area contributed by atoms with Gasteiger partial charge in [0.15, 0.2) is 0 Å². The van der Waals surface area contributed by atoms with Crippen LogP contribution in [-0.2, 0) is 9.59 Å². The fourth-order valence-corrected chi connectivity index (χ4v) is 0.685. The smallest absolute Gasteiger partial charge is 0.321 e. The zero-order valence-electron chi connectivity index (χ0n) is 8.50. The Morgan fingerprint density at radius 2 is 1.87 bits per heavy atom. The highest BCUT2D eigenvalue weighted by Crippen LogP contribution is 1.88. The highest BCUT2D eigenvalue weighted by molar-refractivity contribution is 5.95. The first kappa shape index (κ1) is 13.2. The predicted molar refractivity (Wildman–Crippen MR) is 53.2 cm³/mol. The van der Waals surface area contributed by atoms with Crippen LogP contribution >= 0.6 is 0 Å². The van der Waals surface area contributed by atoms with Gasteiger partial charge in [-0.25, -0.2) is 4.79 Å². The molecule has 0 bridgehead atoms. The Morgan fingerprint density at radius 1 is 1.27 bits per heavy atom. The molecule has 0 heterocycles. The van der Waals surface area contributed by atoms with Crippen molar-refractivity contribution in [1.82, 2.24) is 10.6 Å². The lowest BCUT2D eigenvalue weighted by molar-refractivity contribution is -0.138. The first-order valence-corrected chi connectivity index (χ1v) is 4.35. The first-order chi connectivity index (χ1) is 6.91. The lowest BCUT2D eigenvalue weighted by Crippen LogP contribution is -2.40. The molecule has 6 nitrogen and oxygen atoms in total. The number of imide groups is 1. The average molecular weight is 214 g/mol. The summed E-state index contributed by atoms with van der Waals surface area (Å²) in [7, 11) is 0. The van der Waals surface area contributed by atoms with Gasteiger partial charge in [-0.05, 0) is 6.92 Å². The Morgan fingerprint density at radius 3 is 2.33 bits per heavy atom. The third kappa shape index (κ3) is 8.48. The van der Waals surface area contributed by atoms with Crippen LogP contribution in [0.2, 0.25) is 0 Å². The summed E-state index contributed by atoms with van der Waals surface area (Å²) in [6, 6.07) is -0.645. The predicted octanol–water partition coefficient (Wildman–Crippen LogP) is 0.253. The molecule has 6 heteroatoms. The highest BCUT2D eigenvalue weighted by Gasteiger charge is 2.08. The maximum Gasteiger partial charge on any atom is 0.321 e. The summed E-state index contributed by atoms with van der Waals surface area (Å²) in [6.07, 6.45) is -0.505. The van der Waals surface area contributed by atoms with Crippen LogP contribution in [-0.4, -0.2) is 29.6 Å². The molecule has 0 aromatic carbocycles. The summed E-state index contributed by atoms with van der Waals surface area (Å²) in [6.45, 7) is 5.57. The Labute approximate surface area is 87.3 Å². The van der Waals surface area contributed by atoms with Crippen LogP contribution in [0.1, 0.15) is 19.8 Å². The third-order valence-electron chi connectivity index (χ3n) is 1.37. The molecule has 0 radical (unpaired) electrons. The maximum absolute atomic E-state index is 11.0. The van der Waals surface area contributed by atoms with Gasteiger partial charge in [0.25, 0.3) is 0 Å². The lowest BCUT2D eigenvalue weighted by Gasteiger charge is -2.05. The fourth-order valence-electron chi connectivity index (χ4n) is 0.685. The molecule has 15 heavy (non-hydrogen) atoms. The molecule has 0 saturated carbocycles. The normalized spacial score (nSPS) is 9.13. The van der Waals surface area contributed by atoms with Crippen molar-refractivity contribution in [1.29, 1.82) is 0 Å². The minimum absolute atomic E-state index is 0.212. The Bertz CT molecular complexity index is 258. The number of carbonyl (C=O) groups excluding carboxylic acids is 2. The van der Waals surface area contributed by atoms with E-state index in [1.165, 1.54) is 0 Å². The quantitative estimate of drug-likeness (QED) is 0.572. The highest BCUT2D eigenvalue weighted by atomic mass is 16.4. The van der Waals surface area contributed by atoms with E-state index in [0.29, 0.717) is 0 Å². The maximum atomic E-state index is 11.0. The fraction of sp³-hybridized carbons (Fsp3) is 0.444. The molecule has 0 aliphatic rings. The van der Waals surface area contributed by atoms with E-state index in [-0.39, 0.29) is 19.4 Å². The molecule has 0 saturated heterocycles. The summed E-state index contributed by atoms with van der Waals surface area (Å²) in [5.41, 5.74) is 0.753. The summed E-state index contributed by atoms with van der Waals surface area (Å²) < 4.78 is 0. The second-order valence-corrected chi connectivity index (χ2v) is 3.08. The largest absolute Gasteiger partial charge is 0.481 e. The van der Waals surface area contributed by atoms with Crippen LogP contribution in [0.15, 0.2) is 12.2 Å². The molecule has 0 atom stereocenters. The topological polar surface area (TPSA) is 95.5 Å². The number of carboxylic acid groups (broad SMARTS) is 1. The molecule has 0 rings (SSSR count). The van der Waals surface area contributed by atoms with Gasteiger partial charge in [-0.1, -0.05) is 12.2 Å². The minimum Gasteiger partial charge on any atom is -0.481 e. The van der Waals surface area contributed by atoms with Crippen molar-refractivity contribution in [2.24, 2.45) is 0 Å². The van der Waals surface area contributed by atoms with Gasteiger partial charge in [0, 0.05) is 13.0 Å². The molecule has 0 unspecified atom stereocenters. The molecule has 0 spiro atoms. The summed E-state index contributed by atoms with van der Waals surface area (Å²) in [5, 5.41) is 12.7. The second-order valence-electron chi connectivity index (χ2n) is 3.08. The number of nitrogens with one attached hydrogen (secondary N) is 2. The number of urea groups is 1. The molecular formula is C9H14N2O4. The summed E-state index contributed by atoms with van der Waals surface area (Å²) in [5.74, 6) is -1.69. The van der Waals surface area contributed by atoms with Gasteiger partial charge in [0.2, 0.25) is 5.91 Å². The van der Waals surface area contributed by atoms with Crippen LogP contribution in [0.25, 0.3) is 0 Å². The molecule has 0 fully saturated rings. The number of carboxylic acids is 1. The van der Waals surface area contributed by atoms with Gasteiger partial charge in [-0.2, -0.15) is 0 Å². The second kappa shape index (κ2) is 6.58. The van der Waals surface area contributed by atoms with E-state index < -0.39 is 17.9 Å². The van der Waals surface area contributed by atoms with Gasteiger partial charge in [0.1, 0.15) is 0 Å². The molecule has 0 aliphatic carbocycles. The number of aliphatic carboxylic acids is 1. The van der Waals surface area contributed by atoms with E-state index in [1.807, 2.05) is 5.32 Å². The van der Waals surface area contributed by atoms with Crippen LogP contribution in [0, 0.1) is 0 Å². The van der Waals surface area contributed by atoms with Gasteiger partial charge in [0.05, 0.1) is 6.42 Å². The van der Waals surface area contributed by atoms with Crippen LogP contribution in [0.3, 0.4) is 0 Å². The molecule has 3 amide bonds. The Hall–Kier alpha value is -1.85. The van der Waals surface area contributed by atoms with Crippen molar-refractivity contribution >= 4 is 17.9 Å². The van der Waals surface area contributed by atoms with Gasteiger partial charge in [-0.15, -0.1) is 0 Å². The van der Waals surface area contributed by atoms with Crippen LogP contribution in [0.5, 0.6) is 0 Å². The number of hydrogen-bond donors (Lipinski definition) is 3. The molecule has 0 aromatic rings. The lowest BCUT2D eigenvalue weighted by atomic mass is 10.3. The van der Waals surface area contributed by atoms with Crippen molar-refractivity contribution in [2.45, 2.75) is 19.8 Å². The SMILES string of the molecule is C=C(C)CNC(=O)NC(=O)CCC(=O)O. The Kier molecular flexibility index (Phi) is 5.77. The zero-order chi connectivity index (χ0) is 11.8. The molecule has 0 aromatic heterocycles. The third-order valence-corrected chi connectivity index (χ3v) is 1.37. The zero-order valence-corrected chi connectivity index (χ0v) is 8.50. The average Bonchev–Trinajstić information content (AvgIpc) is 2.11. The first-order valence-electron chi connectivity index (χ1n) is 4.35. The van der Waals surface area contributed by atoms with E-state index in [2.05, 4.69) is 11.9 Å². The van der Waals surface area contributed by atoms with E-state index in [9.17, 15) is 14.4 Å². The van der Waals surface area contributed by atoms with E-state index in [4.69, 9.17) is 5.11 Å². The van der Waals surface area contributed by atoms with Crippen molar-refractivity contribution in [3.8, 4) is 0 Å².